The molecule has 28 heavy (non-hydrogen) atoms. The zero-order valence-corrected chi connectivity index (χ0v) is 17.8. The molecule has 0 radical (unpaired) electrons. The molecule has 0 aromatic heterocycles. The van der Waals surface area contributed by atoms with E-state index in [-0.39, 0.29) is 0 Å². The van der Waals surface area contributed by atoms with Crippen LogP contribution in [0.4, 0.5) is 0 Å². The largest absolute Gasteiger partial charge is 0.313 e. The first-order chi connectivity index (χ1) is 13.7. The summed E-state index contributed by atoms with van der Waals surface area (Å²) >= 11 is 2.04. The maximum Gasteiger partial charge on any atom is 0.0549 e. The average Bonchev–Trinajstić information content (AvgIpc) is 2.74. The topological polar surface area (TPSA) is 12.0 Å². The standard InChI is InChI=1S/C26H31NS/c1-21-11-9-10-16-25(21)26(24-14-7-4-8-15-24)28-20-19-27-22(2)17-18-23-12-5-3-6-13-23/h3-16,22,26-27H,17-20H2,1-2H3. The molecule has 3 aromatic carbocycles. The smallest absolute Gasteiger partial charge is 0.0549 e. The highest BCUT2D eigenvalue weighted by Crippen LogP contribution is 2.36. The summed E-state index contributed by atoms with van der Waals surface area (Å²) in [7, 11) is 0. The van der Waals surface area contributed by atoms with Gasteiger partial charge in [-0.25, -0.2) is 0 Å². The lowest BCUT2D eigenvalue weighted by molar-refractivity contribution is 0.532. The van der Waals surface area contributed by atoms with Gasteiger partial charge in [-0.3, -0.25) is 0 Å². The van der Waals surface area contributed by atoms with Crippen LogP contribution in [-0.2, 0) is 6.42 Å². The van der Waals surface area contributed by atoms with Crippen molar-refractivity contribution < 1.29 is 0 Å². The summed E-state index contributed by atoms with van der Waals surface area (Å²) in [5, 5.41) is 4.10. The molecule has 0 heterocycles. The van der Waals surface area contributed by atoms with Gasteiger partial charge in [-0.2, -0.15) is 0 Å². The molecule has 0 spiro atoms. The van der Waals surface area contributed by atoms with E-state index < -0.39 is 0 Å². The minimum atomic E-state index is 0.392. The van der Waals surface area contributed by atoms with Gasteiger partial charge in [0.05, 0.1) is 5.25 Å². The van der Waals surface area contributed by atoms with Crippen LogP contribution in [0.25, 0.3) is 0 Å². The fraction of sp³-hybridized carbons (Fsp3) is 0.308. The van der Waals surface area contributed by atoms with Gasteiger partial charge in [0.2, 0.25) is 0 Å². The highest BCUT2D eigenvalue weighted by Gasteiger charge is 2.16. The molecule has 0 saturated heterocycles. The molecule has 3 rings (SSSR count). The highest BCUT2D eigenvalue weighted by atomic mass is 32.2. The maximum absolute atomic E-state index is 3.70. The lowest BCUT2D eigenvalue weighted by atomic mass is 10.0. The third-order valence-electron chi connectivity index (χ3n) is 5.16. The summed E-state index contributed by atoms with van der Waals surface area (Å²) < 4.78 is 0. The van der Waals surface area contributed by atoms with Crippen molar-refractivity contribution in [2.45, 2.75) is 38.0 Å². The molecule has 0 saturated carbocycles. The van der Waals surface area contributed by atoms with E-state index in [1.165, 1.54) is 28.7 Å². The molecule has 2 atom stereocenters. The van der Waals surface area contributed by atoms with Crippen molar-refractivity contribution in [1.82, 2.24) is 5.32 Å². The zero-order valence-electron chi connectivity index (χ0n) is 17.0. The summed E-state index contributed by atoms with van der Waals surface area (Å²) in [4.78, 5) is 0. The normalized spacial score (nSPS) is 13.2. The van der Waals surface area contributed by atoms with Crippen LogP contribution in [0, 0.1) is 6.92 Å². The van der Waals surface area contributed by atoms with E-state index >= 15 is 0 Å². The summed E-state index contributed by atoms with van der Waals surface area (Å²) in [6.07, 6.45) is 2.31. The second-order valence-corrected chi connectivity index (χ2v) is 8.61. The van der Waals surface area contributed by atoms with Crippen LogP contribution in [0.3, 0.4) is 0 Å². The Labute approximate surface area is 174 Å². The Morgan fingerprint density at radius 2 is 1.46 bits per heavy atom. The third-order valence-corrected chi connectivity index (χ3v) is 6.46. The molecule has 1 N–H and O–H groups in total. The van der Waals surface area contributed by atoms with E-state index in [0.29, 0.717) is 11.3 Å². The van der Waals surface area contributed by atoms with E-state index in [2.05, 4.69) is 104 Å². The molecule has 3 aromatic rings. The lowest BCUT2D eigenvalue weighted by Crippen LogP contribution is -2.28. The van der Waals surface area contributed by atoms with E-state index in [9.17, 15) is 0 Å². The van der Waals surface area contributed by atoms with Gasteiger partial charge in [0.15, 0.2) is 0 Å². The predicted molar refractivity (Wildman–Crippen MR) is 124 cm³/mol. The number of hydrogen-bond acceptors (Lipinski definition) is 2. The molecule has 0 aliphatic carbocycles. The van der Waals surface area contributed by atoms with Gasteiger partial charge in [0.25, 0.3) is 0 Å². The maximum atomic E-state index is 3.70. The molecule has 0 aliphatic rings. The van der Waals surface area contributed by atoms with E-state index in [1.807, 2.05) is 11.8 Å². The molecule has 1 nitrogen and oxygen atoms in total. The van der Waals surface area contributed by atoms with Gasteiger partial charge in [0.1, 0.15) is 0 Å². The van der Waals surface area contributed by atoms with Gasteiger partial charge in [0, 0.05) is 18.3 Å². The second-order valence-electron chi connectivity index (χ2n) is 7.40. The van der Waals surface area contributed by atoms with Gasteiger partial charge in [-0.1, -0.05) is 84.9 Å². The molecule has 0 bridgehead atoms. The first kappa shape index (κ1) is 20.7. The Hall–Kier alpha value is -2.03. The molecule has 2 unspecified atom stereocenters. The fourth-order valence-electron chi connectivity index (χ4n) is 3.49. The van der Waals surface area contributed by atoms with Crippen LogP contribution >= 0.6 is 11.8 Å². The SMILES string of the molecule is Cc1ccccc1C(SCCNC(C)CCc1ccccc1)c1ccccc1. The highest BCUT2D eigenvalue weighted by molar-refractivity contribution is 7.99. The first-order valence-electron chi connectivity index (χ1n) is 10.2. The average molecular weight is 390 g/mol. The van der Waals surface area contributed by atoms with E-state index in [4.69, 9.17) is 0 Å². The lowest BCUT2D eigenvalue weighted by Gasteiger charge is -2.21. The summed E-state index contributed by atoms with van der Waals surface area (Å²) in [6.45, 7) is 5.55. The van der Waals surface area contributed by atoms with E-state index in [1.54, 1.807) is 0 Å². The van der Waals surface area contributed by atoms with Gasteiger partial charge >= 0.3 is 0 Å². The minimum absolute atomic E-state index is 0.392. The number of hydrogen-bond donors (Lipinski definition) is 1. The van der Waals surface area contributed by atoms with Crippen molar-refractivity contribution in [2.24, 2.45) is 0 Å². The Morgan fingerprint density at radius 3 is 2.18 bits per heavy atom. The van der Waals surface area contributed by atoms with Crippen molar-refractivity contribution in [3.8, 4) is 0 Å². The van der Waals surface area contributed by atoms with Crippen molar-refractivity contribution in [3.05, 3.63) is 107 Å². The number of rotatable bonds is 10. The van der Waals surface area contributed by atoms with Crippen LogP contribution in [0.2, 0.25) is 0 Å². The molecule has 2 heteroatoms. The molecule has 0 amide bonds. The molecular weight excluding hydrogens is 358 g/mol. The van der Waals surface area contributed by atoms with Crippen molar-refractivity contribution in [2.75, 3.05) is 12.3 Å². The van der Waals surface area contributed by atoms with Gasteiger partial charge in [-0.15, -0.1) is 11.8 Å². The molecule has 0 fully saturated rings. The molecular formula is C26H31NS. The van der Waals surface area contributed by atoms with Crippen LogP contribution in [0.15, 0.2) is 84.9 Å². The number of aryl methyl sites for hydroxylation is 2. The van der Waals surface area contributed by atoms with Crippen molar-refractivity contribution in [3.63, 3.8) is 0 Å². The van der Waals surface area contributed by atoms with Crippen molar-refractivity contribution in [1.29, 1.82) is 0 Å². The summed E-state index contributed by atoms with van der Waals surface area (Å²) in [5.74, 6) is 1.10. The summed E-state index contributed by atoms with van der Waals surface area (Å²) in [5.41, 5.74) is 5.61. The first-order valence-corrected chi connectivity index (χ1v) is 11.3. The van der Waals surface area contributed by atoms with Crippen LogP contribution in [0.5, 0.6) is 0 Å². The monoisotopic (exact) mass is 389 g/mol. The number of nitrogens with one attached hydrogen (secondary N) is 1. The number of thioether (sulfide) groups is 1. The quantitative estimate of drug-likeness (QED) is 0.401. The molecule has 0 aliphatic heterocycles. The Bertz CT molecular complexity index is 816. The minimum Gasteiger partial charge on any atom is -0.313 e. The van der Waals surface area contributed by atoms with Crippen LogP contribution in [-0.4, -0.2) is 18.3 Å². The van der Waals surface area contributed by atoms with Gasteiger partial charge < -0.3 is 5.32 Å². The zero-order chi connectivity index (χ0) is 19.6. The Balaban J connectivity index is 1.51. The molecule has 146 valence electrons. The second kappa shape index (κ2) is 11.1. The Kier molecular flexibility index (Phi) is 8.20. The van der Waals surface area contributed by atoms with Gasteiger partial charge in [-0.05, 0) is 48.9 Å². The number of benzene rings is 3. The van der Waals surface area contributed by atoms with Crippen LogP contribution in [0.1, 0.15) is 40.8 Å². The fourth-order valence-corrected chi connectivity index (χ4v) is 4.75. The Morgan fingerprint density at radius 1 is 0.821 bits per heavy atom. The third kappa shape index (κ3) is 6.25. The predicted octanol–water partition coefficient (Wildman–Crippen LogP) is 6.43. The van der Waals surface area contributed by atoms with E-state index in [0.717, 1.165) is 18.7 Å². The van der Waals surface area contributed by atoms with Crippen LogP contribution < -0.4 is 5.32 Å². The summed E-state index contributed by atoms with van der Waals surface area (Å²) in [6, 6.07) is 31.0. The van der Waals surface area contributed by atoms with Crippen molar-refractivity contribution >= 4 is 11.8 Å².